The Labute approximate surface area is 136 Å². The molecule has 23 heavy (non-hydrogen) atoms. The largest absolute Gasteiger partial charge is 0.443 e. The van der Waals surface area contributed by atoms with Crippen molar-refractivity contribution in [2.24, 2.45) is 5.92 Å². The van der Waals surface area contributed by atoms with E-state index in [0.717, 1.165) is 12.8 Å². The van der Waals surface area contributed by atoms with Crippen LogP contribution in [0.25, 0.3) is 0 Å². The van der Waals surface area contributed by atoms with Gasteiger partial charge in [-0.25, -0.2) is 19.9 Å². The highest BCUT2D eigenvalue weighted by Crippen LogP contribution is 2.22. The number of hydrogen-bond donors (Lipinski definition) is 2. The van der Waals surface area contributed by atoms with Crippen LogP contribution in [0.5, 0.6) is 0 Å². The topological polar surface area (TPSA) is 85.2 Å². The maximum atomic E-state index is 12.3. The molecule has 2 amide bonds. The first-order valence-electron chi connectivity index (χ1n) is 8.16. The third-order valence-corrected chi connectivity index (χ3v) is 3.76. The molecule has 1 fully saturated rings. The Bertz CT molecular complexity index is 542. The molecular formula is C16H26N4O3. The number of imidazole rings is 1. The second-order valence-corrected chi connectivity index (χ2v) is 6.98. The van der Waals surface area contributed by atoms with E-state index in [2.05, 4.69) is 15.7 Å². The summed E-state index contributed by atoms with van der Waals surface area (Å²) in [5.74, 6) is 0.298. The fourth-order valence-corrected chi connectivity index (χ4v) is 2.67. The van der Waals surface area contributed by atoms with E-state index >= 15 is 0 Å². The Morgan fingerprint density at radius 1 is 1.30 bits per heavy atom. The van der Waals surface area contributed by atoms with Gasteiger partial charge in [0.2, 0.25) is 0 Å². The number of amides is 2. The third-order valence-electron chi connectivity index (χ3n) is 3.76. The highest BCUT2D eigenvalue weighted by molar-refractivity contribution is 5.93. The van der Waals surface area contributed by atoms with Crippen LogP contribution in [0.3, 0.4) is 0 Å². The lowest BCUT2D eigenvalue weighted by atomic mass is 9.89. The monoisotopic (exact) mass is 322 g/mol. The predicted octanol–water partition coefficient (Wildman–Crippen LogP) is 2.67. The van der Waals surface area contributed by atoms with E-state index in [9.17, 15) is 9.59 Å². The first kappa shape index (κ1) is 17.3. The van der Waals surface area contributed by atoms with E-state index in [1.54, 1.807) is 20.8 Å². The molecule has 0 radical (unpaired) electrons. The number of nitrogens with zero attached hydrogens (tertiary/aromatic N) is 2. The minimum Gasteiger partial charge on any atom is -0.443 e. The zero-order valence-electron chi connectivity index (χ0n) is 14.1. The average molecular weight is 322 g/mol. The molecule has 7 heteroatoms. The molecule has 1 aromatic heterocycles. The number of ether oxygens (including phenoxy) is 1. The first-order chi connectivity index (χ1) is 10.8. The fourth-order valence-electron chi connectivity index (χ4n) is 2.67. The lowest BCUT2D eigenvalue weighted by molar-refractivity contribution is 0.0612. The summed E-state index contributed by atoms with van der Waals surface area (Å²) in [6, 6.07) is 0. The van der Waals surface area contributed by atoms with Crippen LogP contribution in [0, 0.1) is 5.92 Å². The first-order valence-corrected chi connectivity index (χ1v) is 8.16. The lowest BCUT2D eigenvalue weighted by Gasteiger charge is -2.22. The molecule has 1 aliphatic carbocycles. The molecule has 128 valence electrons. The average Bonchev–Trinajstić information content (AvgIpc) is 2.92. The minimum atomic E-state index is -0.628. The molecule has 0 unspecified atom stereocenters. The molecule has 0 atom stereocenters. The van der Waals surface area contributed by atoms with Gasteiger partial charge in [0, 0.05) is 6.54 Å². The maximum Gasteiger partial charge on any atom is 0.427 e. The summed E-state index contributed by atoms with van der Waals surface area (Å²) in [6.45, 7) is 5.99. The molecule has 0 aromatic carbocycles. The standard InChI is InChI=1S/C16H26N4O3/c1-16(2,3)23-15(22)19-20-11-17-10-13(20)14(21)18-9-12-7-5-4-6-8-12/h10-12H,4-9H2,1-3H3,(H,18,21)(H,19,22). The quantitative estimate of drug-likeness (QED) is 0.892. The van der Waals surface area contributed by atoms with E-state index in [0.29, 0.717) is 12.5 Å². The second-order valence-electron chi connectivity index (χ2n) is 6.98. The van der Waals surface area contributed by atoms with Crippen molar-refractivity contribution >= 4 is 12.0 Å². The molecule has 1 heterocycles. The smallest absolute Gasteiger partial charge is 0.427 e. The number of rotatable bonds is 4. The van der Waals surface area contributed by atoms with Gasteiger partial charge < -0.3 is 10.1 Å². The van der Waals surface area contributed by atoms with Crippen molar-refractivity contribution in [3.63, 3.8) is 0 Å². The number of nitrogens with one attached hydrogen (secondary N) is 2. The van der Waals surface area contributed by atoms with Gasteiger partial charge >= 0.3 is 6.09 Å². The van der Waals surface area contributed by atoms with E-state index in [1.165, 1.54) is 36.5 Å². The molecule has 0 spiro atoms. The van der Waals surface area contributed by atoms with Crippen molar-refractivity contribution in [3.8, 4) is 0 Å². The van der Waals surface area contributed by atoms with Gasteiger partial charge in [-0.15, -0.1) is 0 Å². The molecule has 0 saturated heterocycles. The molecule has 1 aliphatic rings. The number of hydrogen-bond acceptors (Lipinski definition) is 4. The zero-order valence-corrected chi connectivity index (χ0v) is 14.1. The summed E-state index contributed by atoms with van der Waals surface area (Å²) in [5.41, 5.74) is 2.18. The number of carbonyl (C=O) groups excluding carboxylic acids is 2. The van der Waals surface area contributed by atoms with Crippen molar-refractivity contribution in [2.75, 3.05) is 12.0 Å². The van der Waals surface area contributed by atoms with Crippen LogP contribution in [0.2, 0.25) is 0 Å². The normalized spacial score (nSPS) is 16.0. The highest BCUT2D eigenvalue weighted by atomic mass is 16.6. The Kier molecular flexibility index (Phi) is 5.63. The van der Waals surface area contributed by atoms with Gasteiger partial charge in [-0.3, -0.25) is 4.79 Å². The Morgan fingerprint density at radius 3 is 2.65 bits per heavy atom. The Morgan fingerprint density at radius 2 is 2.00 bits per heavy atom. The van der Waals surface area contributed by atoms with Crippen LogP contribution in [-0.4, -0.2) is 33.8 Å². The van der Waals surface area contributed by atoms with Crippen LogP contribution in [-0.2, 0) is 4.74 Å². The molecule has 1 aromatic rings. The van der Waals surface area contributed by atoms with Crippen LogP contribution < -0.4 is 10.7 Å². The van der Waals surface area contributed by atoms with Gasteiger partial charge in [-0.2, -0.15) is 0 Å². The number of carbonyl (C=O) groups is 2. The Hall–Kier alpha value is -2.05. The van der Waals surface area contributed by atoms with Gasteiger partial charge in [0.25, 0.3) is 5.91 Å². The van der Waals surface area contributed by atoms with Gasteiger partial charge in [0.1, 0.15) is 17.6 Å². The van der Waals surface area contributed by atoms with E-state index in [4.69, 9.17) is 4.74 Å². The summed E-state index contributed by atoms with van der Waals surface area (Å²) in [7, 11) is 0. The summed E-state index contributed by atoms with van der Waals surface area (Å²) < 4.78 is 6.45. The van der Waals surface area contributed by atoms with E-state index in [1.807, 2.05) is 0 Å². The SMILES string of the molecule is CC(C)(C)OC(=O)Nn1cncc1C(=O)NCC1CCCCC1. The summed E-state index contributed by atoms with van der Waals surface area (Å²) in [5, 5.41) is 2.92. The second kappa shape index (κ2) is 7.48. The molecule has 2 N–H and O–H groups in total. The van der Waals surface area contributed by atoms with Crippen molar-refractivity contribution < 1.29 is 14.3 Å². The Balaban J connectivity index is 1.88. The van der Waals surface area contributed by atoms with Gasteiger partial charge in [-0.1, -0.05) is 19.3 Å². The van der Waals surface area contributed by atoms with Crippen molar-refractivity contribution in [1.82, 2.24) is 15.0 Å². The highest BCUT2D eigenvalue weighted by Gasteiger charge is 2.20. The summed E-state index contributed by atoms with van der Waals surface area (Å²) >= 11 is 0. The number of aromatic nitrogens is 2. The van der Waals surface area contributed by atoms with Gasteiger partial charge in [0.05, 0.1) is 6.20 Å². The van der Waals surface area contributed by atoms with Crippen molar-refractivity contribution in [2.45, 2.75) is 58.5 Å². The lowest BCUT2D eigenvalue weighted by Crippen LogP contribution is -2.36. The van der Waals surface area contributed by atoms with Gasteiger partial charge in [-0.05, 0) is 39.5 Å². The maximum absolute atomic E-state index is 12.3. The molecule has 0 bridgehead atoms. The van der Waals surface area contributed by atoms with Crippen molar-refractivity contribution in [1.29, 1.82) is 0 Å². The summed E-state index contributed by atoms with van der Waals surface area (Å²) in [6.07, 6.45) is 8.25. The van der Waals surface area contributed by atoms with Crippen LogP contribution in [0.15, 0.2) is 12.5 Å². The third kappa shape index (κ3) is 5.58. The summed E-state index contributed by atoms with van der Waals surface area (Å²) in [4.78, 5) is 28.0. The zero-order chi connectivity index (χ0) is 16.9. The molecular weight excluding hydrogens is 296 g/mol. The van der Waals surface area contributed by atoms with Crippen molar-refractivity contribution in [3.05, 3.63) is 18.2 Å². The fraction of sp³-hybridized carbons (Fsp3) is 0.688. The van der Waals surface area contributed by atoms with E-state index in [-0.39, 0.29) is 11.6 Å². The van der Waals surface area contributed by atoms with Crippen LogP contribution in [0.4, 0.5) is 4.79 Å². The molecule has 7 nitrogen and oxygen atoms in total. The molecule has 0 aliphatic heterocycles. The van der Waals surface area contributed by atoms with Gasteiger partial charge in [0.15, 0.2) is 0 Å². The molecule has 2 rings (SSSR count). The minimum absolute atomic E-state index is 0.246. The molecule has 1 saturated carbocycles. The van der Waals surface area contributed by atoms with E-state index < -0.39 is 11.7 Å². The van der Waals surface area contributed by atoms with Crippen LogP contribution >= 0.6 is 0 Å². The van der Waals surface area contributed by atoms with Crippen LogP contribution in [0.1, 0.15) is 63.4 Å². The predicted molar refractivity (Wildman–Crippen MR) is 86.7 cm³/mol.